The Bertz CT molecular complexity index is 699. The van der Waals surface area contributed by atoms with Crippen LogP contribution in [0.2, 0.25) is 0 Å². The van der Waals surface area contributed by atoms with Gasteiger partial charge in [-0.3, -0.25) is 4.90 Å². The number of likely N-dealkylation sites (tertiary alicyclic amines) is 1. The number of ether oxygens (including phenoxy) is 1. The lowest BCUT2D eigenvalue weighted by Gasteiger charge is -2.26. The molecule has 0 spiro atoms. The first-order chi connectivity index (χ1) is 13.2. The van der Waals surface area contributed by atoms with E-state index in [4.69, 9.17) is 4.74 Å². The van der Waals surface area contributed by atoms with E-state index >= 15 is 0 Å². The van der Waals surface area contributed by atoms with Crippen LogP contribution in [0.4, 0.5) is 5.95 Å². The summed E-state index contributed by atoms with van der Waals surface area (Å²) in [6, 6.07) is 8.52. The first-order valence-corrected chi connectivity index (χ1v) is 11.2. The molecule has 3 rings (SSSR count). The van der Waals surface area contributed by atoms with Crippen LogP contribution in [0.15, 0.2) is 24.3 Å². The molecule has 0 radical (unpaired) electrons. The fourth-order valence-corrected chi connectivity index (χ4v) is 3.73. The molecule has 7 heteroatoms. The van der Waals surface area contributed by atoms with Crippen LogP contribution in [0.25, 0.3) is 0 Å². The van der Waals surface area contributed by atoms with Gasteiger partial charge in [0.15, 0.2) is 5.82 Å². The highest BCUT2D eigenvalue weighted by Crippen LogP contribution is 2.18. The summed E-state index contributed by atoms with van der Waals surface area (Å²) in [5.74, 6) is 3.49. The van der Waals surface area contributed by atoms with E-state index in [9.17, 15) is 0 Å². The number of aromatic nitrogens is 3. The van der Waals surface area contributed by atoms with Crippen LogP contribution in [0.1, 0.15) is 37.1 Å². The van der Waals surface area contributed by atoms with Gasteiger partial charge >= 0.3 is 0 Å². The largest absolute Gasteiger partial charge is 0.494 e. The highest BCUT2D eigenvalue weighted by atomic mass is 32.2. The molecule has 2 aromatic rings. The molecule has 1 aliphatic rings. The molecule has 2 heterocycles. The Balaban J connectivity index is 1.38. The van der Waals surface area contributed by atoms with Crippen molar-refractivity contribution in [2.24, 2.45) is 7.05 Å². The highest BCUT2D eigenvalue weighted by Gasteiger charge is 2.10. The summed E-state index contributed by atoms with van der Waals surface area (Å²) in [4.78, 5) is 7.04. The zero-order chi connectivity index (χ0) is 18.9. The third-order valence-electron chi connectivity index (χ3n) is 4.71. The molecule has 0 bridgehead atoms. The van der Waals surface area contributed by atoms with Gasteiger partial charge in [0.1, 0.15) is 5.75 Å². The van der Waals surface area contributed by atoms with Crippen molar-refractivity contribution >= 4 is 17.7 Å². The number of aryl methyl sites for hydroxylation is 1. The number of benzene rings is 1. The van der Waals surface area contributed by atoms with Gasteiger partial charge in [0.05, 0.1) is 12.4 Å². The van der Waals surface area contributed by atoms with Crippen molar-refractivity contribution in [1.29, 1.82) is 0 Å². The van der Waals surface area contributed by atoms with Crippen LogP contribution in [0.3, 0.4) is 0 Å². The second kappa shape index (κ2) is 10.6. The van der Waals surface area contributed by atoms with Crippen molar-refractivity contribution in [3.05, 3.63) is 35.7 Å². The van der Waals surface area contributed by atoms with Crippen molar-refractivity contribution in [2.45, 2.75) is 38.0 Å². The number of hydrogen-bond donors (Lipinski definition) is 1. The predicted octanol–water partition coefficient (Wildman–Crippen LogP) is 3.55. The maximum absolute atomic E-state index is 5.94. The molecular formula is C20H31N5OS. The van der Waals surface area contributed by atoms with Gasteiger partial charge in [-0.05, 0) is 56.3 Å². The number of thioether (sulfide) groups is 1. The van der Waals surface area contributed by atoms with E-state index in [0.717, 1.165) is 42.8 Å². The van der Waals surface area contributed by atoms with Crippen molar-refractivity contribution in [2.75, 3.05) is 37.8 Å². The molecular weight excluding hydrogens is 358 g/mol. The van der Waals surface area contributed by atoms with Gasteiger partial charge in [-0.25, -0.2) is 4.68 Å². The minimum absolute atomic E-state index is 0.690. The Morgan fingerprint density at radius 2 is 2.07 bits per heavy atom. The second-order valence-electron chi connectivity index (χ2n) is 7.02. The maximum atomic E-state index is 5.94. The summed E-state index contributed by atoms with van der Waals surface area (Å²) in [7, 11) is 1.92. The van der Waals surface area contributed by atoms with E-state index in [-0.39, 0.29) is 0 Å². The predicted molar refractivity (Wildman–Crippen MR) is 112 cm³/mol. The number of anilines is 1. The SMILES string of the molecule is CSCc1nc(NCCCOc2cccc(CN3CCCCC3)c2)n(C)n1. The Kier molecular flexibility index (Phi) is 7.83. The van der Waals surface area contributed by atoms with Gasteiger partial charge in [0.2, 0.25) is 5.95 Å². The smallest absolute Gasteiger partial charge is 0.221 e. The summed E-state index contributed by atoms with van der Waals surface area (Å²) in [5, 5.41) is 7.73. The van der Waals surface area contributed by atoms with Crippen molar-refractivity contribution in [3.63, 3.8) is 0 Å². The molecule has 1 aromatic carbocycles. The lowest BCUT2D eigenvalue weighted by Crippen LogP contribution is -2.29. The maximum Gasteiger partial charge on any atom is 0.221 e. The Morgan fingerprint density at radius 1 is 1.22 bits per heavy atom. The normalized spacial score (nSPS) is 15.0. The van der Waals surface area contributed by atoms with Crippen molar-refractivity contribution in [1.82, 2.24) is 19.7 Å². The van der Waals surface area contributed by atoms with Crippen molar-refractivity contribution in [3.8, 4) is 5.75 Å². The molecule has 1 aromatic heterocycles. The summed E-state index contributed by atoms with van der Waals surface area (Å²) < 4.78 is 7.75. The molecule has 1 aliphatic heterocycles. The monoisotopic (exact) mass is 389 g/mol. The number of nitrogens with one attached hydrogen (secondary N) is 1. The zero-order valence-electron chi connectivity index (χ0n) is 16.5. The average Bonchev–Trinajstić information content (AvgIpc) is 3.02. The van der Waals surface area contributed by atoms with Gasteiger partial charge in [0, 0.05) is 20.1 Å². The lowest BCUT2D eigenvalue weighted by molar-refractivity contribution is 0.220. The molecule has 0 saturated carbocycles. The molecule has 0 amide bonds. The van der Waals surface area contributed by atoms with Gasteiger partial charge in [0.25, 0.3) is 0 Å². The summed E-state index contributed by atoms with van der Waals surface area (Å²) >= 11 is 1.73. The average molecular weight is 390 g/mol. The van der Waals surface area contributed by atoms with Gasteiger partial charge in [-0.2, -0.15) is 21.8 Å². The van der Waals surface area contributed by atoms with E-state index < -0.39 is 0 Å². The van der Waals surface area contributed by atoms with E-state index in [2.05, 4.69) is 44.8 Å². The lowest BCUT2D eigenvalue weighted by atomic mass is 10.1. The first-order valence-electron chi connectivity index (χ1n) is 9.81. The molecule has 0 atom stereocenters. The minimum Gasteiger partial charge on any atom is -0.494 e. The van der Waals surface area contributed by atoms with Gasteiger partial charge in [-0.1, -0.05) is 18.6 Å². The standard InChI is InChI=1S/C20H31N5OS/c1-24-20(22-19(23-24)16-27-2)21-10-7-13-26-18-9-6-8-17(14-18)15-25-11-4-3-5-12-25/h6,8-9,14H,3-5,7,10-13,15-16H2,1-2H3,(H,21,22,23). The van der Waals surface area contributed by atoms with E-state index in [0.29, 0.717) is 6.61 Å². The van der Waals surface area contributed by atoms with Crippen molar-refractivity contribution < 1.29 is 4.74 Å². The Hall–Kier alpha value is -1.73. The topological polar surface area (TPSA) is 55.2 Å². The molecule has 0 aliphatic carbocycles. The second-order valence-corrected chi connectivity index (χ2v) is 7.89. The number of piperidine rings is 1. The van der Waals surface area contributed by atoms with Crippen LogP contribution in [0, 0.1) is 0 Å². The number of nitrogens with zero attached hydrogens (tertiary/aromatic N) is 4. The molecule has 1 saturated heterocycles. The molecule has 1 fully saturated rings. The van der Waals surface area contributed by atoms with E-state index in [1.54, 1.807) is 16.4 Å². The number of hydrogen-bond acceptors (Lipinski definition) is 6. The van der Waals surface area contributed by atoms with E-state index in [1.807, 2.05) is 13.1 Å². The third kappa shape index (κ3) is 6.43. The molecule has 27 heavy (non-hydrogen) atoms. The van der Waals surface area contributed by atoms with Gasteiger partial charge < -0.3 is 10.1 Å². The fraction of sp³-hybridized carbons (Fsp3) is 0.600. The van der Waals surface area contributed by atoms with Crippen LogP contribution in [-0.2, 0) is 19.3 Å². The molecule has 6 nitrogen and oxygen atoms in total. The zero-order valence-corrected chi connectivity index (χ0v) is 17.3. The molecule has 148 valence electrons. The molecule has 0 unspecified atom stereocenters. The minimum atomic E-state index is 0.690. The Labute approximate surface area is 166 Å². The first kappa shape index (κ1) is 20.0. The van der Waals surface area contributed by atoms with Crippen LogP contribution in [-0.4, -0.2) is 52.2 Å². The van der Waals surface area contributed by atoms with Crippen LogP contribution in [0.5, 0.6) is 5.75 Å². The van der Waals surface area contributed by atoms with Gasteiger partial charge in [-0.15, -0.1) is 0 Å². The quantitative estimate of drug-likeness (QED) is 0.627. The van der Waals surface area contributed by atoms with E-state index in [1.165, 1.54) is 37.9 Å². The van der Waals surface area contributed by atoms with Crippen LogP contribution >= 0.6 is 11.8 Å². The third-order valence-corrected chi connectivity index (χ3v) is 5.25. The molecule has 1 N–H and O–H groups in total. The summed E-state index contributed by atoms with van der Waals surface area (Å²) in [6.45, 7) is 4.98. The summed E-state index contributed by atoms with van der Waals surface area (Å²) in [5.41, 5.74) is 1.34. The fourth-order valence-electron chi connectivity index (χ4n) is 3.35. The summed E-state index contributed by atoms with van der Waals surface area (Å²) in [6.07, 6.45) is 7.01. The number of rotatable bonds is 10. The highest BCUT2D eigenvalue weighted by molar-refractivity contribution is 7.97. The van der Waals surface area contributed by atoms with Crippen LogP contribution < -0.4 is 10.1 Å². The Morgan fingerprint density at radius 3 is 2.89 bits per heavy atom.